The predicted molar refractivity (Wildman–Crippen MR) is 136 cm³/mol. The van der Waals surface area contributed by atoms with Crippen LogP contribution >= 0.6 is 0 Å². The molecule has 1 unspecified atom stereocenters. The summed E-state index contributed by atoms with van der Waals surface area (Å²) in [5.74, 6) is -0.00188. The van der Waals surface area contributed by atoms with E-state index in [0.29, 0.717) is 22.6 Å². The van der Waals surface area contributed by atoms with Gasteiger partial charge in [0.25, 0.3) is 6.36 Å². The van der Waals surface area contributed by atoms with E-state index in [2.05, 4.69) is 17.3 Å². The van der Waals surface area contributed by atoms with Crippen LogP contribution in [0, 0.1) is 11.3 Å². The maximum absolute atomic E-state index is 14.5. The number of pyridine rings is 1. The molecular formula is C28H30FN3O4. The topological polar surface area (TPSA) is 96.9 Å². The minimum atomic E-state index is -1.87. The highest BCUT2D eigenvalue weighted by Crippen LogP contribution is 2.39. The number of fused-ring (bicyclic) bond motifs is 1. The molecule has 1 aromatic carbocycles. The van der Waals surface area contributed by atoms with Crippen molar-refractivity contribution in [3.05, 3.63) is 66.2 Å². The summed E-state index contributed by atoms with van der Waals surface area (Å²) in [4.78, 5) is 17.7. The van der Waals surface area contributed by atoms with Crippen LogP contribution in [0.15, 0.2) is 55.0 Å². The number of ether oxygens (including phenoxy) is 2. The van der Waals surface area contributed by atoms with Crippen LogP contribution in [-0.4, -0.2) is 46.1 Å². The summed E-state index contributed by atoms with van der Waals surface area (Å²) in [6, 6.07) is 7.08. The lowest BCUT2D eigenvalue weighted by atomic mass is 9.86. The third-order valence-corrected chi connectivity index (χ3v) is 6.46. The Balaban J connectivity index is 1.81. The van der Waals surface area contributed by atoms with Crippen LogP contribution in [0.3, 0.4) is 0 Å². The zero-order valence-electron chi connectivity index (χ0n) is 20.7. The normalized spacial score (nSPS) is 14.2. The third-order valence-electron chi connectivity index (χ3n) is 6.46. The van der Waals surface area contributed by atoms with E-state index in [0.717, 1.165) is 24.5 Å². The minimum Gasteiger partial charge on any atom is -0.496 e. The number of imidazole rings is 1. The van der Waals surface area contributed by atoms with E-state index in [1.165, 1.54) is 7.11 Å². The fraction of sp³-hybridized carbons (Fsp3) is 0.357. The van der Waals surface area contributed by atoms with Crippen molar-refractivity contribution in [3.8, 4) is 22.8 Å². The molecule has 0 radical (unpaired) electrons. The van der Waals surface area contributed by atoms with Crippen LogP contribution in [-0.2, 0) is 5.41 Å². The fourth-order valence-electron chi connectivity index (χ4n) is 4.06. The lowest BCUT2D eigenvalue weighted by Crippen LogP contribution is -2.22. The average Bonchev–Trinajstić information content (AvgIpc) is 3.62. The molecule has 0 bridgehead atoms. The van der Waals surface area contributed by atoms with Gasteiger partial charge in [-0.1, -0.05) is 20.4 Å². The van der Waals surface area contributed by atoms with E-state index >= 15 is 0 Å². The molecule has 0 amide bonds. The molecule has 1 atom stereocenters. The highest BCUT2D eigenvalue weighted by molar-refractivity contribution is 6.12. The van der Waals surface area contributed by atoms with Crippen LogP contribution in [0.2, 0.25) is 0 Å². The van der Waals surface area contributed by atoms with Crippen molar-refractivity contribution < 1.29 is 23.8 Å². The first kappa shape index (κ1) is 25.4. The number of nitrogens with one attached hydrogen (secondary N) is 1. The Morgan fingerprint density at radius 3 is 2.75 bits per heavy atom. The van der Waals surface area contributed by atoms with Gasteiger partial charge in [-0.25, -0.2) is 4.98 Å². The van der Waals surface area contributed by atoms with Gasteiger partial charge in [0, 0.05) is 35.4 Å². The lowest BCUT2D eigenvalue weighted by molar-refractivity contribution is 0.0959. The van der Waals surface area contributed by atoms with Crippen molar-refractivity contribution in [2.75, 3.05) is 13.7 Å². The molecule has 2 N–H and O–H groups in total. The van der Waals surface area contributed by atoms with Gasteiger partial charge < -0.3 is 20.0 Å². The van der Waals surface area contributed by atoms with Crippen LogP contribution in [0.25, 0.3) is 16.9 Å². The van der Waals surface area contributed by atoms with Gasteiger partial charge in [-0.05, 0) is 48.6 Å². The molecule has 188 valence electrons. The van der Waals surface area contributed by atoms with Gasteiger partial charge in [-0.15, -0.1) is 5.73 Å². The van der Waals surface area contributed by atoms with Crippen LogP contribution in [0.1, 0.15) is 49.0 Å². The maximum atomic E-state index is 14.5. The molecule has 36 heavy (non-hydrogen) atoms. The summed E-state index contributed by atoms with van der Waals surface area (Å²) in [7, 11) is 1.43. The Morgan fingerprint density at radius 1 is 1.39 bits per heavy atom. The molecule has 1 aliphatic rings. The smallest absolute Gasteiger partial charge is 0.264 e. The summed E-state index contributed by atoms with van der Waals surface area (Å²) in [5, 5.41) is 17.9. The molecule has 7 nitrogen and oxygen atoms in total. The summed E-state index contributed by atoms with van der Waals surface area (Å²) in [6.07, 6.45) is 4.41. The number of Topliss-reactive ketones (excluding diaryl/α,β-unsaturated/α-hetero) is 1. The van der Waals surface area contributed by atoms with Gasteiger partial charge in [0.1, 0.15) is 22.7 Å². The number of aliphatic hydroxyl groups is 1. The number of carbonyl (C=O) groups is 1. The fourth-order valence-corrected chi connectivity index (χ4v) is 4.06. The van der Waals surface area contributed by atoms with Crippen molar-refractivity contribution in [2.24, 2.45) is 5.92 Å². The van der Waals surface area contributed by atoms with Crippen LogP contribution < -0.4 is 9.47 Å². The number of hydrogen-bond acceptors (Lipinski definition) is 6. The zero-order valence-corrected chi connectivity index (χ0v) is 20.7. The van der Waals surface area contributed by atoms with Gasteiger partial charge in [0.05, 0.1) is 25.6 Å². The van der Waals surface area contributed by atoms with Crippen molar-refractivity contribution in [1.82, 2.24) is 9.38 Å². The van der Waals surface area contributed by atoms with Gasteiger partial charge in [0.2, 0.25) is 0 Å². The zero-order chi connectivity index (χ0) is 26.0. The first-order valence-corrected chi connectivity index (χ1v) is 11.8. The standard InChI is InChI=1S/C28H30FN3O4/c1-5-6-25(29)36-24-12-18(11-23(35-4)27(24)22(34)14-20(30)17-7-8-17)21-15-31-26-13-19(9-10-32(21)26)28(2,3)16-33/h6,9-13,15,17,25,30,33H,1,7-8,14,16H2,2-4H3. The summed E-state index contributed by atoms with van der Waals surface area (Å²) in [6.45, 7) is 7.26. The molecule has 1 aliphatic carbocycles. The van der Waals surface area contributed by atoms with Crippen molar-refractivity contribution in [1.29, 1.82) is 5.41 Å². The Morgan fingerprint density at radius 2 is 2.11 bits per heavy atom. The highest BCUT2D eigenvalue weighted by Gasteiger charge is 2.30. The number of nitrogens with zero attached hydrogens (tertiary/aromatic N) is 2. The van der Waals surface area contributed by atoms with Crippen molar-refractivity contribution in [2.45, 2.75) is 44.9 Å². The number of hydrogen-bond donors (Lipinski definition) is 2. The minimum absolute atomic E-state index is 0.00457. The molecule has 0 aliphatic heterocycles. The first-order chi connectivity index (χ1) is 17.2. The number of carbonyl (C=O) groups excluding carboxylic acids is 1. The lowest BCUT2D eigenvalue weighted by Gasteiger charge is -2.22. The Hall–Kier alpha value is -3.74. The number of methoxy groups -OCH3 is 1. The van der Waals surface area contributed by atoms with Gasteiger partial charge in [-0.3, -0.25) is 9.20 Å². The van der Waals surface area contributed by atoms with Gasteiger partial charge in [-0.2, -0.15) is 4.39 Å². The molecule has 3 aromatic rings. The Bertz CT molecular complexity index is 1370. The number of halogens is 1. The van der Waals surface area contributed by atoms with E-state index in [1.807, 2.05) is 36.6 Å². The second kappa shape index (κ2) is 10.1. The molecule has 8 heteroatoms. The molecule has 4 rings (SSSR count). The quantitative estimate of drug-likeness (QED) is 0.216. The summed E-state index contributed by atoms with van der Waals surface area (Å²) < 4.78 is 27.4. The average molecular weight is 492 g/mol. The first-order valence-electron chi connectivity index (χ1n) is 11.8. The van der Waals surface area contributed by atoms with Crippen molar-refractivity contribution >= 4 is 17.1 Å². The Labute approximate surface area is 209 Å². The largest absolute Gasteiger partial charge is 0.496 e. The number of aliphatic hydroxyl groups excluding tert-OH is 1. The van der Waals surface area contributed by atoms with Crippen LogP contribution in [0.5, 0.6) is 11.5 Å². The van der Waals surface area contributed by atoms with E-state index in [1.54, 1.807) is 18.3 Å². The van der Waals surface area contributed by atoms with E-state index < -0.39 is 11.8 Å². The molecule has 2 heterocycles. The number of benzene rings is 1. The number of ketones is 1. The van der Waals surface area contributed by atoms with Crippen molar-refractivity contribution in [3.63, 3.8) is 0 Å². The van der Waals surface area contributed by atoms with Gasteiger partial charge >= 0.3 is 0 Å². The number of rotatable bonds is 11. The predicted octanol–water partition coefficient (Wildman–Crippen LogP) is 5.30. The third kappa shape index (κ3) is 5.10. The Kier molecular flexibility index (Phi) is 7.11. The summed E-state index contributed by atoms with van der Waals surface area (Å²) in [5.41, 5.74) is 5.27. The highest BCUT2D eigenvalue weighted by atomic mass is 19.1. The SMILES string of the molecule is C=C=CC(F)Oc1cc(-c2cnc3cc(C(C)(C)CO)ccn23)cc(OC)c1C(=O)CC(=N)C1CC1. The van der Waals surface area contributed by atoms with Gasteiger partial charge in [0.15, 0.2) is 5.78 Å². The maximum Gasteiger partial charge on any atom is 0.264 e. The molecule has 2 aromatic heterocycles. The number of alkyl halides is 1. The second-order valence-electron chi connectivity index (χ2n) is 9.62. The molecule has 1 fully saturated rings. The molecule has 0 spiro atoms. The van der Waals surface area contributed by atoms with E-state index in [-0.39, 0.29) is 41.8 Å². The molecule has 0 saturated heterocycles. The summed E-state index contributed by atoms with van der Waals surface area (Å²) >= 11 is 0. The monoisotopic (exact) mass is 491 g/mol. The molecular weight excluding hydrogens is 461 g/mol. The number of aromatic nitrogens is 2. The second-order valence-corrected chi connectivity index (χ2v) is 9.62. The van der Waals surface area contributed by atoms with Crippen LogP contribution in [0.4, 0.5) is 4.39 Å². The van der Waals surface area contributed by atoms with E-state index in [9.17, 15) is 14.3 Å². The molecule has 1 saturated carbocycles. The van der Waals surface area contributed by atoms with E-state index in [4.69, 9.17) is 14.9 Å².